The van der Waals surface area contributed by atoms with Crippen molar-refractivity contribution in [1.82, 2.24) is 0 Å². The highest BCUT2D eigenvalue weighted by molar-refractivity contribution is 8.04. The fourth-order valence-corrected chi connectivity index (χ4v) is 1.67. The van der Waals surface area contributed by atoms with Crippen LogP contribution in [0.25, 0.3) is 5.53 Å². The summed E-state index contributed by atoms with van der Waals surface area (Å²) in [6.45, 7) is 1.86. The van der Waals surface area contributed by atoms with Gasteiger partial charge in [-0.15, -0.1) is 0 Å². The predicted molar refractivity (Wildman–Crippen MR) is 68.6 cm³/mol. The molecule has 102 valence electrons. The van der Waals surface area contributed by atoms with Crippen LogP contribution in [0.15, 0.2) is 39.5 Å². The summed E-state index contributed by atoms with van der Waals surface area (Å²) in [6.07, 6.45) is 1.89. The number of oxime groups is 2. The number of nitrogens with zero attached hydrogens (tertiary/aromatic N) is 4. The second-order valence-electron chi connectivity index (χ2n) is 3.11. The molecule has 9 heteroatoms. The predicted octanol–water partition coefficient (Wildman–Crippen LogP) is 0.933. The molecule has 0 heterocycles. The zero-order valence-corrected chi connectivity index (χ0v) is 10.8. The van der Waals surface area contributed by atoms with E-state index in [1.165, 1.54) is 12.1 Å². The largest absolute Gasteiger partial charge is 0.411 e. The molecule has 1 aromatic rings. The molecular weight excluding hydrogens is 272 g/mol. The molecule has 0 fully saturated rings. The summed E-state index contributed by atoms with van der Waals surface area (Å²) in [5.41, 5.74) is 9.59. The Balaban J connectivity index is 0.000000459. The van der Waals surface area contributed by atoms with E-state index in [1.807, 2.05) is 6.92 Å². The summed E-state index contributed by atoms with van der Waals surface area (Å²) in [5.74, 6) is 0. The standard InChI is InChI=1S/C8H8N2O2S.C2H4N2O2/c1-7-2-4-8(5-3-7)13(11,12)6-10-9;5-3-1-2-4-6/h2-6H,1H3;1-2,5-6H/b;3-1+,4-2+. The van der Waals surface area contributed by atoms with E-state index < -0.39 is 9.84 Å². The van der Waals surface area contributed by atoms with Gasteiger partial charge in [0.15, 0.2) is 0 Å². The molecular formula is C10H12N4O4S. The Bertz CT molecular complexity index is 576. The molecule has 0 unspecified atom stereocenters. The van der Waals surface area contributed by atoms with E-state index in [4.69, 9.17) is 15.9 Å². The highest BCUT2D eigenvalue weighted by Gasteiger charge is 2.14. The lowest BCUT2D eigenvalue weighted by Crippen LogP contribution is -2.02. The Hall–Kier alpha value is -2.51. The molecule has 8 nitrogen and oxygen atoms in total. The third kappa shape index (κ3) is 6.71. The van der Waals surface area contributed by atoms with E-state index in [2.05, 4.69) is 15.1 Å². The van der Waals surface area contributed by atoms with Crippen molar-refractivity contribution in [3.63, 3.8) is 0 Å². The normalized spacial score (nSPS) is 10.8. The Morgan fingerprint density at radius 1 is 1.16 bits per heavy atom. The minimum Gasteiger partial charge on any atom is -0.411 e. The van der Waals surface area contributed by atoms with Crippen LogP contribution in [-0.2, 0) is 9.84 Å². The number of hydrogen-bond donors (Lipinski definition) is 2. The van der Waals surface area contributed by atoms with Gasteiger partial charge in [0.25, 0.3) is 9.84 Å². The van der Waals surface area contributed by atoms with Gasteiger partial charge in [0.1, 0.15) is 0 Å². The van der Waals surface area contributed by atoms with Crippen molar-refractivity contribution >= 4 is 27.8 Å². The van der Waals surface area contributed by atoms with Gasteiger partial charge in [-0.3, -0.25) is 0 Å². The van der Waals surface area contributed by atoms with Gasteiger partial charge < -0.3 is 15.9 Å². The van der Waals surface area contributed by atoms with Gasteiger partial charge in [0, 0.05) is 0 Å². The summed E-state index contributed by atoms with van der Waals surface area (Å²) < 4.78 is 22.5. The van der Waals surface area contributed by atoms with Crippen LogP contribution in [0.3, 0.4) is 0 Å². The number of benzene rings is 1. The van der Waals surface area contributed by atoms with Crippen LogP contribution in [0.1, 0.15) is 5.56 Å². The molecule has 0 saturated carbocycles. The second kappa shape index (κ2) is 8.56. The Labute approximate surface area is 109 Å². The Morgan fingerprint density at radius 3 is 2.00 bits per heavy atom. The summed E-state index contributed by atoms with van der Waals surface area (Å²) in [6, 6.07) is 6.29. The van der Waals surface area contributed by atoms with E-state index in [1.54, 1.807) is 12.1 Å². The highest BCUT2D eigenvalue weighted by atomic mass is 32.2. The summed E-state index contributed by atoms with van der Waals surface area (Å²) in [4.78, 5) is 2.61. The van der Waals surface area contributed by atoms with Crippen molar-refractivity contribution in [2.24, 2.45) is 10.3 Å². The monoisotopic (exact) mass is 284 g/mol. The summed E-state index contributed by atoms with van der Waals surface area (Å²) >= 11 is 0. The van der Waals surface area contributed by atoms with Gasteiger partial charge in [-0.05, 0) is 19.1 Å². The van der Waals surface area contributed by atoms with Crippen molar-refractivity contribution in [2.75, 3.05) is 0 Å². The van der Waals surface area contributed by atoms with Gasteiger partial charge in [-0.1, -0.05) is 28.0 Å². The van der Waals surface area contributed by atoms with Crippen molar-refractivity contribution in [3.05, 3.63) is 35.4 Å². The van der Waals surface area contributed by atoms with Crippen LogP contribution < -0.4 is 0 Å². The molecule has 0 bridgehead atoms. The quantitative estimate of drug-likeness (QED) is 0.213. The fourth-order valence-electron chi connectivity index (χ4n) is 0.910. The first-order chi connectivity index (χ1) is 8.97. The third-order valence-electron chi connectivity index (χ3n) is 1.74. The zero-order valence-electron chi connectivity index (χ0n) is 9.95. The van der Waals surface area contributed by atoms with Crippen molar-refractivity contribution < 1.29 is 23.6 Å². The van der Waals surface area contributed by atoms with Crippen LogP contribution in [0, 0.1) is 6.92 Å². The van der Waals surface area contributed by atoms with E-state index in [0.717, 1.165) is 18.0 Å². The molecule has 0 atom stereocenters. The lowest BCUT2D eigenvalue weighted by Gasteiger charge is -1.94. The average molecular weight is 284 g/mol. The number of hydrogen-bond acceptors (Lipinski definition) is 6. The van der Waals surface area contributed by atoms with Crippen LogP contribution in [0.5, 0.6) is 0 Å². The van der Waals surface area contributed by atoms with Crippen LogP contribution in [-0.4, -0.2) is 41.6 Å². The fraction of sp³-hybridized carbons (Fsp3) is 0.100. The molecule has 0 amide bonds. The molecule has 0 spiro atoms. The molecule has 0 radical (unpaired) electrons. The average Bonchev–Trinajstić information content (AvgIpc) is 2.37. The zero-order chi connectivity index (χ0) is 14.7. The van der Waals surface area contributed by atoms with Gasteiger partial charge >= 0.3 is 5.55 Å². The first kappa shape index (κ1) is 16.5. The summed E-state index contributed by atoms with van der Waals surface area (Å²) in [5, 5.41) is 20.1. The molecule has 0 aliphatic carbocycles. The molecule has 1 rings (SSSR count). The highest BCUT2D eigenvalue weighted by Crippen LogP contribution is 2.09. The van der Waals surface area contributed by atoms with Gasteiger partial charge in [-0.25, -0.2) is 8.42 Å². The SMILES string of the molecule is Cc1ccc(S(=O)(=O)C=[N+]=[N-])cc1.O/N=C/C=N/O. The van der Waals surface area contributed by atoms with Crippen molar-refractivity contribution in [1.29, 1.82) is 0 Å². The molecule has 0 saturated heterocycles. The molecule has 0 aliphatic heterocycles. The summed E-state index contributed by atoms with van der Waals surface area (Å²) in [7, 11) is -3.57. The topological polar surface area (TPSA) is 136 Å². The van der Waals surface area contributed by atoms with Crippen LogP contribution in [0.2, 0.25) is 0 Å². The lowest BCUT2D eigenvalue weighted by atomic mass is 10.2. The minimum absolute atomic E-state index is 0.121. The minimum atomic E-state index is -3.57. The first-order valence-corrected chi connectivity index (χ1v) is 6.35. The van der Waals surface area contributed by atoms with Crippen LogP contribution in [0.4, 0.5) is 0 Å². The van der Waals surface area contributed by atoms with E-state index >= 15 is 0 Å². The first-order valence-electron chi connectivity index (χ1n) is 4.80. The van der Waals surface area contributed by atoms with Crippen molar-refractivity contribution in [2.45, 2.75) is 11.8 Å². The van der Waals surface area contributed by atoms with E-state index in [0.29, 0.717) is 5.55 Å². The Kier molecular flexibility index (Phi) is 7.43. The molecule has 2 N–H and O–H groups in total. The molecule has 19 heavy (non-hydrogen) atoms. The molecule has 0 aromatic heterocycles. The van der Waals surface area contributed by atoms with Gasteiger partial charge in [-0.2, -0.15) is 4.79 Å². The number of rotatable bonds is 3. The molecule has 0 aliphatic rings. The van der Waals surface area contributed by atoms with E-state index in [-0.39, 0.29) is 4.90 Å². The lowest BCUT2D eigenvalue weighted by molar-refractivity contribution is 0.00754. The van der Waals surface area contributed by atoms with Gasteiger partial charge in [0.05, 0.1) is 17.3 Å². The maximum Gasteiger partial charge on any atom is 0.374 e. The Morgan fingerprint density at radius 2 is 1.63 bits per heavy atom. The third-order valence-corrected chi connectivity index (χ3v) is 3.04. The number of sulfone groups is 1. The maximum absolute atomic E-state index is 11.2. The maximum atomic E-state index is 11.2. The van der Waals surface area contributed by atoms with Gasteiger partial charge in [0.2, 0.25) is 0 Å². The van der Waals surface area contributed by atoms with E-state index in [9.17, 15) is 8.42 Å². The number of aryl methyl sites for hydroxylation is 1. The van der Waals surface area contributed by atoms with Crippen LogP contribution >= 0.6 is 0 Å². The second-order valence-corrected chi connectivity index (χ2v) is 4.88. The molecule has 1 aromatic carbocycles. The smallest absolute Gasteiger partial charge is 0.374 e. The van der Waals surface area contributed by atoms with Crippen molar-refractivity contribution in [3.8, 4) is 0 Å².